The Bertz CT molecular complexity index is 781. The van der Waals surface area contributed by atoms with Gasteiger partial charge in [0, 0.05) is 43.9 Å². The van der Waals surface area contributed by atoms with E-state index in [9.17, 15) is 9.18 Å². The van der Waals surface area contributed by atoms with Gasteiger partial charge in [-0.15, -0.1) is 0 Å². The molecule has 2 aromatic carbocycles. The Morgan fingerprint density at radius 1 is 0.926 bits per heavy atom. The highest BCUT2D eigenvalue weighted by Crippen LogP contribution is 2.28. The summed E-state index contributed by atoms with van der Waals surface area (Å²) in [4.78, 5) is 17.2. The molecule has 0 saturated carbocycles. The molecular formula is C23H27FN2O. The van der Waals surface area contributed by atoms with Crippen molar-refractivity contribution in [3.05, 3.63) is 65.5 Å². The summed E-state index contributed by atoms with van der Waals surface area (Å²) in [5.41, 5.74) is 3.27. The van der Waals surface area contributed by atoms with Gasteiger partial charge in [-0.1, -0.05) is 24.3 Å². The van der Waals surface area contributed by atoms with Gasteiger partial charge in [-0.2, -0.15) is 0 Å². The van der Waals surface area contributed by atoms with Crippen LogP contribution in [0.5, 0.6) is 0 Å². The predicted molar refractivity (Wildman–Crippen MR) is 107 cm³/mol. The number of carbonyl (C=O) groups is 1. The molecule has 0 bridgehead atoms. The molecule has 1 saturated heterocycles. The molecule has 2 aromatic rings. The van der Waals surface area contributed by atoms with Crippen LogP contribution in [0.4, 0.5) is 10.1 Å². The van der Waals surface area contributed by atoms with Gasteiger partial charge in [-0.3, -0.25) is 9.69 Å². The molecule has 27 heavy (non-hydrogen) atoms. The highest BCUT2D eigenvalue weighted by Gasteiger charge is 2.24. The van der Waals surface area contributed by atoms with E-state index < -0.39 is 0 Å². The third-order valence-electron chi connectivity index (χ3n) is 5.95. The third kappa shape index (κ3) is 4.38. The van der Waals surface area contributed by atoms with Crippen LogP contribution in [0, 0.1) is 11.7 Å². The summed E-state index contributed by atoms with van der Waals surface area (Å²) >= 11 is 0. The number of carbonyl (C=O) groups excluding carboxylic acids is 1. The van der Waals surface area contributed by atoms with E-state index in [1.807, 2.05) is 30.3 Å². The first-order chi connectivity index (χ1) is 13.2. The lowest BCUT2D eigenvalue weighted by atomic mass is 9.81. The number of benzene rings is 2. The van der Waals surface area contributed by atoms with E-state index >= 15 is 0 Å². The number of anilines is 1. The monoisotopic (exact) mass is 366 g/mol. The van der Waals surface area contributed by atoms with E-state index in [1.165, 1.54) is 17.7 Å². The summed E-state index contributed by atoms with van der Waals surface area (Å²) in [6.07, 6.45) is 4.02. The lowest BCUT2D eigenvalue weighted by Gasteiger charge is -2.36. The zero-order chi connectivity index (χ0) is 18.6. The molecular weight excluding hydrogens is 339 g/mol. The number of rotatable bonds is 5. The Balaban J connectivity index is 1.21. The summed E-state index contributed by atoms with van der Waals surface area (Å²) in [5.74, 6) is 0.629. The number of ketones is 1. The topological polar surface area (TPSA) is 23.6 Å². The van der Waals surface area contributed by atoms with Crippen molar-refractivity contribution in [3.63, 3.8) is 0 Å². The van der Waals surface area contributed by atoms with Crippen LogP contribution in [-0.4, -0.2) is 43.4 Å². The Morgan fingerprint density at radius 2 is 1.67 bits per heavy atom. The highest BCUT2D eigenvalue weighted by atomic mass is 19.1. The first kappa shape index (κ1) is 18.2. The molecule has 4 heteroatoms. The summed E-state index contributed by atoms with van der Waals surface area (Å²) < 4.78 is 13.1. The second-order valence-corrected chi connectivity index (χ2v) is 7.80. The first-order valence-corrected chi connectivity index (χ1v) is 10.0. The van der Waals surface area contributed by atoms with Gasteiger partial charge < -0.3 is 4.90 Å². The van der Waals surface area contributed by atoms with Gasteiger partial charge in [-0.25, -0.2) is 4.39 Å². The lowest BCUT2D eigenvalue weighted by molar-refractivity contribution is 0.0944. The Morgan fingerprint density at radius 3 is 2.44 bits per heavy atom. The molecule has 1 unspecified atom stereocenters. The predicted octanol–water partition coefficient (Wildman–Crippen LogP) is 4.17. The minimum Gasteiger partial charge on any atom is -0.369 e. The minimum absolute atomic E-state index is 0.179. The summed E-state index contributed by atoms with van der Waals surface area (Å²) in [7, 11) is 0. The van der Waals surface area contributed by atoms with Crippen LogP contribution in [0.2, 0.25) is 0 Å². The number of nitrogens with zero attached hydrogens (tertiary/aromatic N) is 2. The SMILES string of the molecule is O=C1CC(CCCN2CCN(c3ccc(F)cc3)CC2)Cc2ccccc21. The minimum atomic E-state index is -0.179. The van der Waals surface area contributed by atoms with Crippen molar-refractivity contribution in [1.29, 1.82) is 0 Å². The van der Waals surface area contributed by atoms with Crippen LogP contribution in [-0.2, 0) is 6.42 Å². The summed E-state index contributed by atoms with van der Waals surface area (Å²) in [6, 6.07) is 14.9. The molecule has 0 radical (unpaired) electrons. The lowest BCUT2D eigenvalue weighted by Crippen LogP contribution is -2.46. The number of halogens is 1. The standard InChI is InChI=1S/C23H27FN2O/c24-20-7-9-21(10-8-20)26-14-12-25(13-15-26)11-3-4-18-16-19-5-1-2-6-22(19)23(27)17-18/h1-2,5-10,18H,3-4,11-17H2. The van der Waals surface area contributed by atoms with E-state index in [2.05, 4.69) is 15.9 Å². The van der Waals surface area contributed by atoms with Gasteiger partial charge in [0.2, 0.25) is 0 Å². The van der Waals surface area contributed by atoms with Gasteiger partial charge in [0.15, 0.2) is 5.78 Å². The van der Waals surface area contributed by atoms with Crippen LogP contribution >= 0.6 is 0 Å². The zero-order valence-corrected chi connectivity index (χ0v) is 15.7. The average molecular weight is 366 g/mol. The van der Waals surface area contributed by atoms with Crippen molar-refractivity contribution in [1.82, 2.24) is 4.90 Å². The number of Topliss-reactive ketones (excluding diaryl/α,β-unsaturated/α-hetero) is 1. The summed E-state index contributed by atoms with van der Waals surface area (Å²) in [5, 5.41) is 0. The molecule has 2 aliphatic rings. The van der Waals surface area contributed by atoms with Crippen molar-refractivity contribution in [2.75, 3.05) is 37.6 Å². The fraction of sp³-hybridized carbons (Fsp3) is 0.435. The second-order valence-electron chi connectivity index (χ2n) is 7.80. The quantitative estimate of drug-likeness (QED) is 0.793. The average Bonchev–Trinajstić information content (AvgIpc) is 2.69. The van der Waals surface area contributed by atoms with Crippen LogP contribution in [0.25, 0.3) is 0 Å². The fourth-order valence-corrected chi connectivity index (χ4v) is 4.41. The molecule has 0 N–H and O–H groups in total. The van der Waals surface area contributed by atoms with E-state index in [0.717, 1.165) is 63.2 Å². The molecule has 1 aliphatic carbocycles. The first-order valence-electron chi connectivity index (χ1n) is 10.0. The van der Waals surface area contributed by atoms with Crippen molar-refractivity contribution < 1.29 is 9.18 Å². The molecule has 142 valence electrons. The van der Waals surface area contributed by atoms with Crippen molar-refractivity contribution in [3.8, 4) is 0 Å². The van der Waals surface area contributed by atoms with E-state index in [4.69, 9.17) is 0 Å². The molecule has 0 aromatic heterocycles. The number of piperazine rings is 1. The normalized spacial score (nSPS) is 20.6. The molecule has 1 heterocycles. The highest BCUT2D eigenvalue weighted by molar-refractivity contribution is 5.98. The van der Waals surface area contributed by atoms with E-state index in [1.54, 1.807) is 0 Å². The smallest absolute Gasteiger partial charge is 0.163 e. The maximum atomic E-state index is 13.1. The van der Waals surface area contributed by atoms with Crippen LogP contribution in [0.3, 0.4) is 0 Å². The number of hydrogen-bond acceptors (Lipinski definition) is 3. The Hall–Kier alpha value is -2.20. The maximum Gasteiger partial charge on any atom is 0.163 e. The van der Waals surface area contributed by atoms with Crippen LogP contribution in [0.15, 0.2) is 48.5 Å². The van der Waals surface area contributed by atoms with E-state index in [0.29, 0.717) is 18.1 Å². The van der Waals surface area contributed by atoms with Crippen LogP contribution in [0.1, 0.15) is 35.2 Å². The van der Waals surface area contributed by atoms with E-state index in [-0.39, 0.29) is 5.82 Å². The number of hydrogen-bond donors (Lipinski definition) is 0. The molecule has 1 aliphatic heterocycles. The maximum absolute atomic E-state index is 13.1. The Kier molecular flexibility index (Phi) is 5.53. The fourth-order valence-electron chi connectivity index (χ4n) is 4.41. The molecule has 1 atom stereocenters. The Labute approximate surface area is 160 Å². The van der Waals surface area contributed by atoms with Crippen molar-refractivity contribution >= 4 is 11.5 Å². The third-order valence-corrected chi connectivity index (χ3v) is 5.95. The van der Waals surface area contributed by atoms with Gasteiger partial charge >= 0.3 is 0 Å². The summed E-state index contributed by atoms with van der Waals surface area (Å²) in [6.45, 7) is 5.17. The second kappa shape index (κ2) is 8.22. The van der Waals surface area contributed by atoms with Crippen molar-refractivity contribution in [2.24, 2.45) is 5.92 Å². The van der Waals surface area contributed by atoms with Crippen LogP contribution < -0.4 is 4.90 Å². The zero-order valence-electron chi connectivity index (χ0n) is 15.7. The molecule has 4 rings (SSSR count). The van der Waals surface area contributed by atoms with Gasteiger partial charge in [-0.05, 0) is 61.6 Å². The van der Waals surface area contributed by atoms with Gasteiger partial charge in [0.25, 0.3) is 0 Å². The molecule has 0 spiro atoms. The van der Waals surface area contributed by atoms with Gasteiger partial charge in [0.05, 0.1) is 0 Å². The van der Waals surface area contributed by atoms with Gasteiger partial charge in [0.1, 0.15) is 5.82 Å². The largest absolute Gasteiger partial charge is 0.369 e. The van der Waals surface area contributed by atoms with Crippen molar-refractivity contribution in [2.45, 2.75) is 25.7 Å². The molecule has 0 amide bonds. The molecule has 1 fully saturated rings. The molecule has 3 nitrogen and oxygen atoms in total. The number of fused-ring (bicyclic) bond motifs is 1.